The van der Waals surface area contributed by atoms with Crippen LogP contribution in [0.2, 0.25) is 0 Å². The number of carbonyl (C=O) groups excluding carboxylic acids is 1. The molecule has 2 aliphatic rings. The number of halogens is 2. The van der Waals surface area contributed by atoms with Gasteiger partial charge in [0.15, 0.2) is 0 Å². The molecular formula is C16H21F2N3O. The van der Waals surface area contributed by atoms with Gasteiger partial charge in [-0.1, -0.05) is 6.42 Å². The smallest absolute Gasteiger partial charge is 0.315 e. The first-order chi connectivity index (χ1) is 10.4. The summed E-state index contributed by atoms with van der Waals surface area (Å²) in [5.74, 6) is -2.97. The van der Waals surface area contributed by atoms with E-state index in [2.05, 4.69) is 15.6 Å². The Morgan fingerprint density at radius 3 is 2.77 bits per heavy atom. The number of rotatable bonds is 4. The molecule has 4 nitrogen and oxygen atoms in total. The van der Waals surface area contributed by atoms with Crippen LogP contribution in [-0.4, -0.2) is 17.1 Å². The summed E-state index contributed by atoms with van der Waals surface area (Å²) in [5.41, 5.74) is 0.855. The first kappa shape index (κ1) is 15.2. The third kappa shape index (κ3) is 3.20. The average Bonchev–Trinajstić information content (AvgIpc) is 2.37. The van der Waals surface area contributed by atoms with Gasteiger partial charge in [-0.25, -0.2) is 4.79 Å². The van der Waals surface area contributed by atoms with Crippen molar-refractivity contribution < 1.29 is 13.6 Å². The third-order valence-corrected chi connectivity index (χ3v) is 4.84. The Hall–Kier alpha value is -1.72. The first-order valence-electron chi connectivity index (χ1n) is 7.74. The molecule has 0 unspecified atom stereocenters. The zero-order valence-electron chi connectivity index (χ0n) is 12.7. The van der Waals surface area contributed by atoms with Gasteiger partial charge in [-0.3, -0.25) is 4.98 Å². The normalized spacial score (nSPS) is 20.1. The molecule has 2 fully saturated rings. The van der Waals surface area contributed by atoms with Crippen LogP contribution in [0.5, 0.6) is 0 Å². The fourth-order valence-electron chi connectivity index (χ4n) is 3.42. The SMILES string of the molecule is CC(F)(F)c1cc(CNC(=O)NC2CC3(CCC3)C2)ccn1. The molecule has 1 heterocycles. The molecule has 0 bridgehead atoms. The molecule has 120 valence electrons. The van der Waals surface area contributed by atoms with Gasteiger partial charge in [0.1, 0.15) is 5.69 Å². The van der Waals surface area contributed by atoms with Crippen LogP contribution in [0.3, 0.4) is 0 Å². The fraction of sp³-hybridized carbons (Fsp3) is 0.625. The van der Waals surface area contributed by atoms with E-state index in [1.807, 2.05) is 0 Å². The van der Waals surface area contributed by atoms with Gasteiger partial charge < -0.3 is 10.6 Å². The molecule has 0 aliphatic heterocycles. The van der Waals surface area contributed by atoms with Crippen LogP contribution in [0.1, 0.15) is 50.3 Å². The molecule has 1 spiro atoms. The number of carbonyl (C=O) groups is 1. The van der Waals surface area contributed by atoms with Crippen LogP contribution in [0.4, 0.5) is 13.6 Å². The van der Waals surface area contributed by atoms with E-state index in [1.54, 1.807) is 6.07 Å². The van der Waals surface area contributed by atoms with Gasteiger partial charge in [0.25, 0.3) is 5.92 Å². The molecule has 1 aromatic rings. The number of nitrogens with one attached hydrogen (secondary N) is 2. The van der Waals surface area contributed by atoms with Crippen molar-refractivity contribution in [3.63, 3.8) is 0 Å². The van der Waals surface area contributed by atoms with Crippen molar-refractivity contribution in [2.45, 2.75) is 57.5 Å². The van der Waals surface area contributed by atoms with E-state index in [-0.39, 0.29) is 24.3 Å². The largest absolute Gasteiger partial charge is 0.335 e. The van der Waals surface area contributed by atoms with Gasteiger partial charge in [0.2, 0.25) is 0 Å². The van der Waals surface area contributed by atoms with Crippen LogP contribution >= 0.6 is 0 Å². The number of nitrogens with zero attached hydrogens (tertiary/aromatic N) is 1. The van der Waals surface area contributed by atoms with Crippen LogP contribution in [-0.2, 0) is 12.5 Å². The first-order valence-corrected chi connectivity index (χ1v) is 7.74. The molecule has 6 heteroatoms. The number of hydrogen-bond donors (Lipinski definition) is 2. The number of alkyl halides is 2. The molecule has 22 heavy (non-hydrogen) atoms. The maximum atomic E-state index is 13.2. The standard InChI is InChI=1S/C16H21F2N3O/c1-15(17,18)13-7-11(3-6-19-13)10-20-14(22)21-12-8-16(9-12)4-2-5-16/h3,6-7,12H,2,4-5,8-10H2,1H3,(H2,20,21,22). The van der Waals surface area contributed by atoms with E-state index in [1.165, 1.54) is 31.5 Å². The van der Waals surface area contributed by atoms with Gasteiger partial charge in [-0.05, 0) is 48.8 Å². The predicted octanol–water partition coefficient (Wildman–Crippen LogP) is 3.33. The summed E-state index contributed by atoms with van der Waals surface area (Å²) in [6, 6.07) is 2.98. The number of pyridine rings is 1. The fourth-order valence-corrected chi connectivity index (χ4v) is 3.42. The molecule has 2 N–H and O–H groups in total. The summed E-state index contributed by atoms with van der Waals surface area (Å²) in [6.45, 7) is 1.03. The number of urea groups is 1. The summed E-state index contributed by atoms with van der Waals surface area (Å²) in [5, 5.41) is 5.66. The summed E-state index contributed by atoms with van der Waals surface area (Å²) in [7, 11) is 0. The van der Waals surface area contributed by atoms with Gasteiger partial charge in [0.05, 0.1) is 0 Å². The Morgan fingerprint density at radius 2 is 2.18 bits per heavy atom. The van der Waals surface area contributed by atoms with Crippen LogP contribution in [0.25, 0.3) is 0 Å². The van der Waals surface area contributed by atoms with E-state index >= 15 is 0 Å². The van der Waals surface area contributed by atoms with Crippen molar-refractivity contribution in [2.24, 2.45) is 5.41 Å². The van der Waals surface area contributed by atoms with E-state index in [0.29, 0.717) is 11.0 Å². The Kier molecular flexibility index (Phi) is 3.78. The lowest BCUT2D eigenvalue weighted by molar-refractivity contribution is 0.00225. The zero-order chi connectivity index (χ0) is 15.8. The van der Waals surface area contributed by atoms with Crippen molar-refractivity contribution in [1.29, 1.82) is 0 Å². The molecule has 2 amide bonds. The molecule has 0 radical (unpaired) electrons. The summed E-state index contributed by atoms with van der Waals surface area (Å²) in [6.07, 6.45) is 7.37. The Bertz CT molecular complexity index is 559. The van der Waals surface area contributed by atoms with E-state index in [4.69, 9.17) is 0 Å². The van der Waals surface area contributed by atoms with Gasteiger partial charge in [-0.2, -0.15) is 8.78 Å². The Balaban J connectivity index is 1.45. The van der Waals surface area contributed by atoms with Crippen molar-refractivity contribution >= 4 is 6.03 Å². The number of amides is 2. The third-order valence-electron chi connectivity index (χ3n) is 4.84. The van der Waals surface area contributed by atoms with Crippen molar-refractivity contribution in [2.75, 3.05) is 0 Å². The number of aromatic nitrogens is 1. The van der Waals surface area contributed by atoms with Gasteiger partial charge in [0, 0.05) is 25.7 Å². The lowest BCUT2D eigenvalue weighted by Gasteiger charge is -2.54. The van der Waals surface area contributed by atoms with E-state index in [0.717, 1.165) is 19.8 Å². The summed E-state index contributed by atoms with van der Waals surface area (Å²) < 4.78 is 26.4. The zero-order valence-corrected chi connectivity index (χ0v) is 12.7. The highest BCUT2D eigenvalue weighted by atomic mass is 19.3. The minimum Gasteiger partial charge on any atom is -0.335 e. The van der Waals surface area contributed by atoms with Crippen molar-refractivity contribution in [3.05, 3.63) is 29.6 Å². The predicted molar refractivity (Wildman–Crippen MR) is 78.5 cm³/mol. The van der Waals surface area contributed by atoms with E-state index in [9.17, 15) is 13.6 Å². The molecule has 1 aromatic heterocycles. The summed E-state index contributed by atoms with van der Waals surface area (Å²) in [4.78, 5) is 15.5. The second-order valence-electron chi connectivity index (χ2n) is 6.72. The van der Waals surface area contributed by atoms with Crippen LogP contribution < -0.4 is 10.6 Å². The number of hydrogen-bond acceptors (Lipinski definition) is 2. The van der Waals surface area contributed by atoms with Crippen molar-refractivity contribution in [1.82, 2.24) is 15.6 Å². The molecule has 2 aliphatic carbocycles. The van der Waals surface area contributed by atoms with Gasteiger partial charge >= 0.3 is 6.03 Å². The maximum Gasteiger partial charge on any atom is 0.315 e. The highest BCUT2D eigenvalue weighted by Crippen LogP contribution is 2.55. The Morgan fingerprint density at radius 1 is 1.45 bits per heavy atom. The minimum absolute atomic E-state index is 0.218. The quantitative estimate of drug-likeness (QED) is 0.896. The molecule has 0 atom stereocenters. The molecule has 2 saturated carbocycles. The van der Waals surface area contributed by atoms with Gasteiger partial charge in [-0.15, -0.1) is 0 Å². The molecule has 3 rings (SSSR count). The second kappa shape index (κ2) is 5.48. The van der Waals surface area contributed by atoms with Crippen molar-refractivity contribution in [3.8, 4) is 0 Å². The van der Waals surface area contributed by atoms with E-state index < -0.39 is 5.92 Å². The lowest BCUT2D eigenvalue weighted by Crippen LogP contribution is -2.55. The highest BCUT2D eigenvalue weighted by molar-refractivity contribution is 5.74. The van der Waals surface area contributed by atoms with Crippen LogP contribution in [0, 0.1) is 5.41 Å². The second-order valence-corrected chi connectivity index (χ2v) is 6.72. The maximum absolute atomic E-state index is 13.2. The highest BCUT2D eigenvalue weighted by Gasteiger charge is 2.48. The molecule has 0 saturated heterocycles. The van der Waals surface area contributed by atoms with Crippen LogP contribution in [0.15, 0.2) is 18.3 Å². The topological polar surface area (TPSA) is 54.0 Å². The monoisotopic (exact) mass is 309 g/mol. The average molecular weight is 309 g/mol. The minimum atomic E-state index is -2.97. The Labute approximate surface area is 128 Å². The molecule has 0 aromatic carbocycles. The lowest BCUT2D eigenvalue weighted by atomic mass is 9.54. The summed E-state index contributed by atoms with van der Waals surface area (Å²) >= 11 is 0. The molecular weight excluding hydrogens is 288 g/mol.